The van der Waals surface area contributed by atoms with Crippen molar-refractivity contribution < 1.29 is 0 Å². The van der Waals surface area contributed by atoms with Gasteiger partial charge in [-0.25, -0.2) is 0 Å². The first-order valence-corrected chi connectivity index (χ1v) is 5.11. The standard InChI is InChI=1S/C14H12N2/c1-2-5-13(6-3-1)7-4-10-16-14-8-11-15-12-9-14/h1-12H/b7-4+,16-10?. The van der Waals surface area contributed by atoms with Crippen LogP contribution < -0.4 is 0 Å². The van der Waals surface area contributed by atoms with Crippen LogP contribution in [0, 0.1) is 0 Å². The highest BCUT2D eigenvalue weighted by molar-refractivity contribution is 5.80. The molecule has 1 aromatic heterocycles. The number of benzene rings is 1. The van der Waals surface area contributed by atoms with Gasteiger partial charge in [0.15, 0.2) is 0 Å². The molecule has 2 rings (SSSR count). The van der Waals surface area contributed by atoms with Crippen molar-refractivity contribution in [1.29, 1.82) is 0 Å². The topological polar surface area (TPSA) is 25.2 Å². The molecule has 0 aliphatic rings. The summed E-state index contributed by atoms with van der Waals surface area (Å²) >= 11 is 0. The predicted molar refractivity (Wildman–Crippen MR) is 67.9 cm³/mol. The summed E-state index contributed by atoms with van der Waals surface area (Å²) in [6.45, 7) is 0. The number of allylic oxidation sites excluding steroid dienone is 1. The smallest absolute Gasteiger partial charge is 0.0660 e. The zero-order chi connectivity index (χ0) is 11.1. The lowest BCUT2D eigenvalue weighted by atomic mass is 10.2. The molecular weight excluding hydrogens is 196 g/mol. The lowest BCUT2D eigenvalue weighted by molar-refractivity contribution is 1.32. The summed E-state index contributed by atoms with van der Waals surface area (Å²) < 4.78 is 0. The van der Waals surface area contributed by atoms with Crippen molar-refractivity contribution in [2.75, 3.05) is 0 Å². The number of aliphatic imine (C=N–C) groups is 1. The molecule has 0 amide bonds. The fourth-order valence-corrected chi connectivity index (χ4v) is 1.28. The van der Waals surface area contributed by atoms with E-state index in [1.165, 1.54) is 5.56 Å². The van der Waals surface area contributed by atoms with Gasteiger partial charge in [-0.15, -0.1) is 0 Å². The summed E-state index contributed by atoms with van der Waals surface area (Å²) in [6, 6.07) is 13.9. The van der Waals surface area contributed by atoms with Crippen molar-refractivity contribution >= 4 is 18.0 Å². The van der Waals surface area contributed by atoms with Gasteiger partial charge in [0.25, 0.3) is 0 Å². The Morgan fingerprint density at radius 3 is 2.44 bits per heavy atom. The van der Waals surface area contributed by atoms with E-state index in [4.69, 9.17) is 0 Å². The Hall–Kier alpha value is -2.22. The van der Waals surface area contributed by atoms with Gasteiger partial charge in [-0.3, -0.25) is 9.98 Å². The largest absolute Gasteiger partial charge is 0.265 e. The van der Waals surface area contributed by atoms with Crippen LogP contribution in [0.2, 0.25) is 0 Å². The Morgan fingerprint density at radius 1 is 0.938 bits per heavy atom. The average Bonchev–Trinajstić information content (AvgIpc) is 2.37. The third kappa shape index (κ3) is 3.17. The van der Waals surface area contributed by atoms with Crippen molar-refractivity contribution in [3.05, 3.63) is 66.5 Å². The maximum absolute atomic E-state index is 4.27. The number of rotatable bonds is 3. The molecule has 0 unspecified atom stereocenters. The van der Waals surface area contributed by atoms with Crippen LogP contribution in [0.5, 0.6) is 0 Å². The molecule has 0 N–H and O–H groups in total. The molecule has 78 valence electrons. The van der Waals surface area contributed by atoms with Crippen LogP contribution in [0.25, 0.3) is 6.08 Å². The van der Waals surface area contributed by atoms with Crippen molar-refractivity contribution in [3.8, 4) is 0 Å². The molecule has 0 saturated heterocycles. The van der Waals surface area contributed by atoms with Crippen LogP contribution in [0.3, 0.4) is 0 Å². The van der Waals surface area contributed by atoms with E-state index in [1.807, 2.05) is 42.5 Å². The summed E-state index contributed by atoms with van der Waals surface area (Å²) in [5.74, 6) is 0. The molecule has 1 aromatic carbocycles. The molecule has 0 aliphatic carbocycles. The van der Waals surface area contributed by atoms with E-state index >= 15 is 0 Å². The Bertz CT molecular complexity index is 425. The second-order valence-electron chi connectivity index (χ2n) is 3.25. The molecule has 16 heavy (non-hydrogen) atoms. The Morgan fingerprint density at radius 2 is 1.69 bits per heavy atom. The van der Waals surface area contributed by atoms with Crippen LogP contribution in [-0.4, -0.2) is 11.2 Å². The first-order valence-electron chi connectivity index (χ1n) is 5.11. The minimum Gasteiger partial charge on any atom is -0.265 e. The Kier molecular flexibility index (Phi) is 3.61. The normalized spacial score (nSPS) is 11.2. The minimum atomic E-state index is 0.910. The first kappa shape index (κ1) is 10.3. The van der Waals surface area contributed by atoms with Crippen LogP contribution in [0.15, 0.2) is 65.9 Å². The zero-order valence-electron chi connectivity index (χ0n) is 8.82. The van der Waals surface area contributed by atoms with Crippen molar-refractivity contribution in [3.63, 3.8) is 0 Å². The van der Waals surface area contributed by atoms with Gasteiger partial charge >= 0.3 is 0 Å². The maximum atomic E-state index is 4.27. The molecule has 1 heterocycles. The summed E-state index contributed by atoms with van der Waals surface area (Å²) in [5, 5.41) is 0. The third-order valence-corrected chi connectivity index (χ3v) is 2.06. The molecule has 0 radical (unpaired) electrons. The monoisotopic (exact) mass is 208 g/mol. The summed E-state index contributed by atoms with van der Waals surface area (Å²) in [6.07, 6.45) is 9.18. The van der Waals surface area contributed by atoms with Gasteiger partial charge < -0.3 is 0 Å². The van der Waals surface area contributed by atoms with Crippen LogP contribution >= 0.6 is 0 Å². The minimum absolute atomic E-state index is 0.910. The molecule has 0 spiro atoms. The molecule has 2 nitrogen and oxygen atoms in total. The maximum Gasteiger partial charge on any atom is 0.0660 e. The highest BCUT2D eigenvalue weighted by atomic mass is 14.7. The fraction of sp³-hybridized carbons (Fsp3) is 0. The summed E-state index contributed by atoms with van der Waals surface area (Å²) in [5.41, 5.74) is 2.08. The number of aromatic nitrogens is 1. The Balaban J connectivity index is 1.98. The highest BCUT2D eigenvalue weighted by Crippen LogP contribution is 2.07. The number of hydrogen-bond donors (Lipinski definition) is 0. The van der Waals surface area contributed by atoms with Gasteiger partial charge in [0.2, 0.25) is 0 Å². The number of pyridine rings is 1. The van der Waals surface area contributed by atoms with Crippen LogP contribution in [0.1, 0.15) is 5.56 Å². The second-order valence-corrected chi connectivity index (χ2v) is 3.25. The second kappa shape index (κ2) is 5.61. The fourth-order valence-electron chi connectivity index (χ4n) is 1.28. The van der Waals surface area contributed by atoms with Crippen molar-refractivity contribution in [2.45, 2.75) is 0 Å². The quantitative estimate of drug-likeness (QED) is 0.709. The molecule has 0 fully saturated rings. The van der Waals surface area contributed by atoms with E-state index < -0.39 is 0 Å². The Labute approximate surface area is 95.0 Å². The van der Waals surface area contributed by atoms with Crippen LogP contribution in [-0.2, 0) is 0 Å². The molecule has 0 saturated carbocycles. The number of nitrogens with zero attached hydrogens (tertiary/aromatic N) is 2. The molecule has 0 bridgehead atoms. The van der Waals surface area contributed by atoms with Gasteiger partial charge in [0.05, 0.1) is 5.69 Å². The van der Waals surface area contributed by atoms with E-state index in [1.54, 1.807) is 18.6 Å². The van der Waals surface area contributed by atoms with Crippen molar-refractivity contribution in [2.24, 2.45) is 4.99 Å². The predicted octanol–water partition coefficient (Wildman–Crippen LogP) is 3.50. The van der Waals surface area contributed by atoms with Crippen LogP contribution in [0.4, 0.5) is 5.69 Å². The first-order chi connectivity index (χ1) is 7.95. The zero-order valence-corrected chi connectivity index (χ0v) is 8.82. The molecule has 0 atom stereocenters. The lowest BCUT2D eigenvalue weighted by Gasteiger charge is -1.89. The van der Waals surface area contributed by atoms with E-state index in [2.05, 4.69) is 22.1 Å². The summed E-state index contributed by atoms with van der Waals surface area (Å²) in [7, 11) is 0. The van der Waals surface area contributed by atoms with Gasteiger partial charge in [-0.1, -0.05) is 36.4 Å². The molecule has 2 heteroatoms. The molecule has 0 aliphatic heterocycles. The van der Waals surface area contributed by atoms with E-state index in [0.717, 1.165) is 5.69 Å². The van der Waals surface area contributed by atoms with Gasteiger partial charge in [0.1, 0.15) is 0 Å². The average molecular weight is 208 g/mol. The molecular formula is C14H12N2. The van der Waals surface area contributed by atoms with Gasteiger partial charge in [-0.2, -0.15) is 0 Å². The third-order valence-electron chi connectivity index (χ3n) is 2.06. The highest BCUT2D eigenvalue weighted by Gasteiger charge is 1.82. The molecule has 2 aromatic rings. The van der Waals surface area contributed by atoms with E-state index in [-0.39, 0.29) is 0 Å². The SMILES string of the molecule is C(/C=C/c1ccccc1)=Nc1ccncc1. The van der Waals surface area contributed by atoms with Crippen molar-refractivity contribution in [1.82, 2.24) is 4.98 Å². The van der Waals surface area contributed by atoms with Gasteiger partial charge in [0, 0.05) is 18.6 Å². The van der Waals surface area contributed by atoms with E-state index in [9.17, 15) is 0 Å². The van der Waals surface area contributed by atoms with E-state index in [0.29, 0.717) is 0 Å². The summed E-state index contributed by atoms with van der Waals surface area (Å²) in [4.78, 5) is 8.20. The van der Waals surface area contributed by atoms with Gasteiger partial charge in [-0.05, 0) is 23.8 Å². The number of hydrogen-bond acceptors (Lipinski definition) is 2. The lowest BCUT2D eigenvalue weighted by Crippen LogP contribution is -1.70.